The molecule has 1 rings (SSSR count). The Balaban J connectivity index is 2.21. The molecule has 1 saturated carbocycles. The van der Waals surface area contributed by atoms with Crippen LogP contribution in [-0.4, -0.2) is 25.3 Å². The summed E-state index contributed by atoms with van der Waals surface area (Å²) >= 11 is 0. The monoisotopic (exact) mass is 241 g/mol. The lowest BCUT2D eigenvalue weighted by Crippen LogP contribution is -2.37. The van der Waals surface area contributed by atoms with Crippen LogP contribution in [0.5, 0.6) is 0 Å². The number of rotatable bonds is 6. The minimum Gasteiger partial charge on any atom is -0.379 e. The van der Waals surface area contributed by atoms with Gasteiger partial charge in [0.05, 0.1) is 5.60 Å². The Kier molecular flexibility index (Phi) is 6.50. The van der Waals surface area contributed by atoms with E-state index < -0.39 is 0 Å². The molecule has 0 aromatic carbocycles. The van der Waals surface area contributed by atoms with E-state index in [-0.39, 0.29) is 5.60 Å². The van der Waals surface area contributed by atoms with Crippen molar-refractivity contribution in [2.75, 3.05) is 13.7 Å². The van der Waals surface area contributed by atoms with Gasteiger partial charge in [-0.25, -0.2) is 0 Å². The summed E-state index contributed by atoms with van der Waals surface area (Å²) in [5.74, 6) is 0.892. The standard InChI is InChI=1S/C15H31NO/c1-13(14-9-7-5-6-8-10-14)16-12-11-15(2,3)17-4/h13-14,16H,5-12H2,1-4H3/t13-/m0/s1. The largest absolute Gasteiger partial charge is 0.379 e. The van der Waals surface area contributed by atoms with E-state index in [1.807, 2.05) is 0 Å². The lowest BCUT2D eigenvalue weighted by atomic mass is 9.92. The zero-order chi connectivity index (χ0) is 12.7. The van der Waals surface area contributed by atoms with E-state index in [2.05, 4.69) is 26.1 Å². The van der Waals surface area contributed by atoms with E-state index in [9.17, 15) is 0 Å². The molecule has 0 unspecified atom stereocenters. The number of nitrogens with one attached hydrogen (secondary N) is 1. The van der Waals surface area contributed by atoms with Crippen molar-refractivity contribution < 1.29 is 4.74 Å². The third-order valence-electron chi connectivity index (χ3n) is 4.35. The smallest absolute Gasteiger partial charge is 0.0634 e. The summed E-state index contributed by atoms with van der Waals surface area (Å²) in [5, 5.41) is 3.69. The summed E-state index contributed by atoms with van der Waals surface area (Å²) in [4.78, 5) is 0. The van der Waals surface area contributed by atoms with Gasteiger partial charge in [-0.05, 0) is 52.5 Å². The van der Waals surface area contributed by atoms with Crippen molar-refractivity contribution >= 4 is 0 Å². The summed E-state index contributed by atoms with van der Waals surface area (Å²) in [6.07, 6.45) is 9.67. The highest BCUT2D eigenvalue weighted by molar-refractivity contribution is 4.77. The van der Waals surface area contributed by atoms with Crippen LogP contribution in [-0.2, 0) is 4.74 Å². The van der Waals surface area contributed by atoms with Crippen molar-refractivity contribution in [2.24, 2.45) is 5.92 Å². The van der Waals surface area contributed by atoms with Crippen LogP contribution < -0.4 is 5.32 Å². The molecule has 0 heterocycles. The number of hydrogen-bond acceptors (Lipinski definition) is 2. The molecule has 17 heavy (non-hydrogen) atoms. The van der Waals surface area contributed by atoms with E-state index in [1.165, 1.54) is 38.5 Å². The molecule has 0 aliphatic heterocycles. The molecule has 2 nitrogen and oxygen atoms in total. The van der Waals surface area contributed by atoms with Crippen molar-refractivity contribution in [3.63, 3.8) is 0 Å². The molecule has 0 bridgehead atoms. The van der Waals surface area contributed by atoms with Gasteiger partial charge in [0.25, 0.3) is 0 Å². The Labute approximate surface area is 108 Å². The molecule has 0 aromatic rings. The van der Waals surface area contributed by atoms with E-state index >= 15 is 0 Å². The third kappa shape index (κ3) is 5.87. The Bertz CT molecular complexity index is 195. The zero-order valence-electron chi connectivity index (χ0n) is 12.2. The van der Waals surface area contributed by atoms with Crippen LogP contribution in [0.25, 0.3) is 0 Å². The molecule has 1 aliphatic carbocycles. The van der Waals surface area contributed by atoms with Crippen molar-refractivity contribution in [2.45, 2.75) is 77.4 Å². The highest BCUT2D eigenvalue weighted by Crippen LogP contribution is 2.25. The van der Waals surface area contributed by atoms with E-state index in [4.69, 9.17) is 4.74 Å². The van der Waals surface area contributed by atoms with Crippen molar-refractivity contribution in [1.82, 2.24) is 5.32 Å². The van der Waals surface area contributed by atoms with Gasteiger partial charge in [-0.2, -0.15) is 0 Å². The summed E-state index contributed by atoms with van der Waals surface area (Å²) in [5.41, 5.74) is 0.0101. The Morgan fingerprint density at radius 3 is 2.29 bits per heavy atom. The lowest BCUT2D eigenvalue weighted by Gasteiger charge is -2.27. The Morgan fingerprint density at radius 2 is 1.76 bits per heavy atom. The summed E-state index contributed by atoms with van der Waals surface area (Å²) in [6.45, 7) is 7.74. The molecular weight excluding hydrogens is 210 g/mol. The number of methoxy groups -OCH3 is 1. The van der Waals surface area contributed by atoms with Crippen LogP contribution in [0.3, 0.4) is 0 Å². The minimum atomic E-state index is 0.0101. The predicted octanol–water partition coefficient (Wildman–Crippen LogP) is 3.75. The average molecular weight is 241 g/mol. The van der Waals surface area contributed by atoms with Crippen molar-refractivity contribution in [3.05, 3.63) is 0 Å². The first kappa shape index (κ1) is 15.0. The van der Waals surface area contributed by atoms with E-state index in [0.717, 1.165) is 18.9 Å². The first-order valence-electron chi connectivity index (χ1n) is 7.34. The number of ether oxygens (including phenoxy) is 1. The summed E-state index contributed by atoms with van der Waals surface area (Å²) in [6, 6.07) is 0.667. The van der Waals surface area contributed by atoms with Crippen LogP contribution in [0.4, 0.5) is 0 Å². The molecule has 1 atom stereocenters. The second kappa shape index (κ2) is 7.38. The quantitative estimate of drug-likeness (QED) is 0.715. The normalized spacial score (nSPS) is 21.2. The molecule has 1 N–H and O–H groups in total. The molecule has 0 saturated heterocycles. The van der Waals surface area contributed by atoms with Gasteiger partial charge < -0.3 is 10.1 Å². The average Bonchev–Trinajstić information content (AvgIpc) is 2.57. The highest BCUT2D eigenvalue weighted by Gasteiger charge is 2.20. The topological polar surface area (TPSA) is 21.3 Å². The van der Waals surface area contributed by atoms with Gasteiger partial charge in [0.1, 0.15) is 0 Å². The maximum absolute atomic E-state index is 5.44. The Hall–Kier alpha value is -0.0800. The Morgan fingerprint density at radius 1 is 1.18 bits per heavy atom. The first-order valence-corrected chi connectivity index (χ1v) is 7.34. The highest BCUT2D eigenvalue weighted by atomic mass is 16.5. The molecule has 0 aromatic heterocycles. The molecule has 0 spiro atoms. The molecule has 1 aliphatic rings. The van der Waals surface area contributed by atoms with Gasteiger partial charge >= 0.3 is 0 Å². The third-order valence-corrected chi connectivity index (χ3v) is 4.35. The van der Waals surface area contributed by atoms with Gasteiger partial charge in [0.2, 0.25) is 0 Å². The lowest BCUT2D eigenvalue weighted by molar-refractivity contribution is 0.0150. The molecule has 1 fully saturated rings. The summed E-state index contributed by atoms with van der Waals surface area (Å²) < 4.78 is 5.44. The van der Waals surface area contributed by atoms with E-state index in [0.29, 0.717) is 6.04 Å². The second-order valence-electron chi connectivity index (χ2n) is 6.21. The first-order chi connectivity index (χ1) is 8.05. The zero-order valence-corrected chi connectivity index (χ0v) is 12.2. The maximum atomic E-state index is 5.44. The van der Waals surface area contributed by atoms with Gasteiger partial charge in [-0.3, -0.25) is 0 Å². The van der Waals surface area contributed by atoms with E-state index in [1.54, 1.807) is 7.11 Å². The molecular formula is C15H31NO. The second-order valence-corrected chi connectivity index (χ2v) is 6.21. The van der Waals surface area contributed by atoms with Crippen LogP contribution in [0.15, 0.2) is 0 Å². The van der Waals surface area contributed by atoms with Crippen LogP contribution in [0.1, 0.15) is 65.7 Å². The van der Waals surface area contributed by atoms with Crippen LogP contribution in [0, 0.1) is 5.92 Å². The van der Waals surface area contributed by atoms with Crippen LogP contribution in [0.2, 0.25) is 0 Å². The van der Waals surface area contributed by atoms with Gasteiger partial charge in [0.15, 0.2) is 0 Å². The van der Waals surface area contributed by atoms with Gasteiger partial charge in [-0.1, -0.05) is 25.7 Å². The predicted molar refractivity (Wildman–Crippen MR) is 74.4 cm³/mol. The molecule has 0 radical (unpaired) electrons. The molecule has 102 valence electrons. The van der Waals surface area contributed by atoms with Gasteiger partial charge in [0, 0.05) is 13.2 Å². The van der Waals surface area contributed by atoms with Crippen LogP contribution >= 0.6 is 0 Å². The van der Waals surface area contributed by atoms with Crippen molar-refractivity contribution in [1.29, 1.82) is 0 Å². The fourth-order valence-corrected chi connectivity index (χ4v) is 2.68. The summed E-state index contributed by atoms with van der Waals surface area (Å²) in [7, 11) is 1.80. The molecule has 0 amide bonds. The fraction of sp³-hybridized carbons (Fsp3) is 1.00. The fourth-order valence-electron chi connectivity index (χ4n) is 2.68. The number of hydrogen-bond donors (Lipinski definition) is 1. The van der Waals surface area contributed by atoms with Crippen molar-refractivity contribution in [3.8, 4) is 0 Å². The SMILES string of the molecule is COC(C)(C)CCN[C@@H](C)C1CCCCCC1. The van der Waals surface area contributed by atoms with Gasteiger partial charge in [-0.15, -0.1) is 0 Å². The minimum absolute atomic E-state index is 0.0101. The molecule has 2 heteroatoms. The maximum Gasteiger partial charge on any atom is 0.0634 e.